The fraction of sp³-hybridized carbons (Fsp3) is 0.0909. The number of carboxylic acids is 2. The Morgan fingerprint density at radius 2 is 1.08 bits per heavy atom. The summed E-state index contributed by atoms with van der Waals surface area (Å²) < 4.78 is 43.6. The molecule has 0 spiro atoms. The van der Waals surface area contributed by atoms with E-state index in [1.165, 1.54) is 49.3 Å². The number of imidazole rings is 2. The van der Waals surface area contributed by atoms with Gasteiger partial charge < -0.3 is 30.3 Å². The van der Waals surface area contributed by atoms with Crippen molar-refractivity contribution < 1.29 is 47.6 Å². The molecule has 0 fully saturated rings. The SMILES string of the molecule is O=C(Nc1cc(OCCCOc2cc(NC(=O)c3ccc(-n4ccnc4)nn3)c(C(=O)O)cc2F)c(F)cc1C(=O)O)c1ccc(-n2ccnc2)nn1. The number of amides is 2. The molecule has 4 aromatic heterocycles. The molecule has 6 aromatic rings. The van der Waals surface area contributed by atoms with Gasteiger partial charge in [-0.25, -0.2) is 28.3 Å². The van der Waals surface area contributed by atoms with Gasteiger partial charge in [-0.1, -0.05) is 0 Å². The lowest BCUT2D eigenvalue weighted by atomic mass is 10.1. The van der Waals surface area contributed by atoms with Gasteiger partial charge in [0.25, 0.3) is 11.8 Å². The highest BCUT2D eigenvalue weighted by Crippen LogP contribution is 2.29. The number of hydrogen-bond donors (Lipinski definition) is 4. The molecular formula is C33H24F2N10O8. The Labute approximate surface area is 295 Å². The lowest BCUT2D eigenvalue weighted by molar-refractivity contribution is 0.0686. The first-order chi connectivity index (χ1) is 25.6. The standard InChI is InChI=1S/C33H24F2N10O8/c34-20-12-18(32(48)49)24(38-30(46)22-2-4-28(42-40-22)44-8-6-36-16-44)14-26(20)52-10-1-11-53-27-15-25(19(33(50)51)13-21(27)35)39-31(47)23-3-5-29(43-41-23)45-9-7-37-17-45/h2-9,12-17H,1,10-11H2,(H,38,46)(H,39,47)(H,48,49)(H,50,51). The van der Waals surface area contributed by atoms with E-state index in [9.17, 15) is 38.2 Å². The molecule has 0 aliphatic rings. The summed E-state index contributed by atoms with van der Waals surface area (Å²) in [4.78, 5) is 57.1. The molecule has 4 N–H and O–H groups in total. The molecule has 20 heteroatoms. The van der Waals surface area contributed by atoms with Crippen molar-refractivity contribution >= 4 is 35.1 Å². The summed E-state index contributed by atoms with van der Waals surface area (Å²) in [5, 5.41) is 39.5. The summed E-state index contributed by atoms with van der Waals surface area (Å²) in [6.07, 6.45) is 9.28. The van der Waals surface area contributed by atoms with Crippen molar-refractivity contribution in [2.75, 3.05) is 23.8 Å². The molecule has 0 unspecified atom stereocenters. The van der Waals surface area contributed by atoms with Gasteiger partial charge in [-0.3, -0.25) is 18.7 Å². The maximum atomic E-state index is 14.8. The van der Waals surface area contributed by atoms with Gasteiger partial charge in [-0.2, -0.15) is 0 Å². The number of nitrogens with zero attached hydrogens (tertiary/aromatic N) is 8. The first kappa shape index (κ1) is 35.2. The van der Waals surface area contributed by atoms with Gasteiger partial charge in [0.1, 0.15) is 12.7 Å². The number of ether oxygens (including phenoxy) is 2. The molecule has 0 radical (unpaired) electrons. The number of halogens is 2. The summed E-state index contributed by atoms with van der Waals surface area (Å²) >= 11 is 0. The monoisotopic (exact) mass is 726 g/mol. The lowest BCUT2D eigenvalue weighted by Crippen LogP contribution is -2.18. The van der Waals surface area contributed by atoms with Crippen molar-refractivity contribution in [3.63, 3.8) is 0 Å². The molecule has 2 aromatic carbocycles. The molecule has 53 heavy (non-hydrogen) atoms. The van der Waals surface area contributed by atoms with E-state index < -0.39 is 58.0 Å². The number of carboxylic acid groups (broad SMARTS) is 2. The Kier molecular flexibility index (Phi) is 10.3. The Bertz CT molecular complexity index is 2130. The number of aromatic carboxylic acids is 2. The van der Waals surface area contributed by atoms with E-state index in [1.54, 1.807) is 21.5 Å². The average molecular weight is 727 g/mol. The fourth-order valence-electron chi connectivity index (χ4n) is 4.64. The Morgan fingerprint density at radius 1 is 0.642 bits per heavy atom. The number of nitrogens with one attached hydrogen (secondary N) is 2. The quantitative estimate of drug-likeness (QED) is 0.117. The van der Waals surface area contributed by atoms with Gasteiger partial charge in [0.15, 0.2) is 46.2 Å². The van der Waals surface area contributed by atoms with Gasteiger partial charge >= 0.3 is 11.9 Å². The fourth-order valence-corrected chi connectivity index (χ4v) is 4.64. The molecule has 0 aliphatic heterocycles. The zero-order chi connectivity index (χ0) is 37.5. The number of carbonyl (C=O) groups excluding carboxylic acids is 2. The number of aromatic nitrogens is 8. The smallest absolute Gasteiger partial charge is 0.337 e. The molecule has 2 amide bonds. The van der Waals surface area contributed by atoms with E-state index >= 15 is 0 Å². The second-order valence-corrected chi connectivity index (χ2v) is 10.7. The summed E-state index contributed by atoms with van der Waals surface area (Å²) in [5.41, 5.74) is -2.01. The second kappa shape index (κ2) is 15.5. The Hall–Kier alpha value is -7.64. The topological polar surface area (TPSA) is 238 Å². The summed E-state index contributed by atoms with van der Waals surface area (Å²) in [6.45, 7) is -0.436. The number of carbonyl (C=O) groups is 4. The van der Waals surface area contributed by atoms with E-state index in [-0.39, 0.29) is 42.4 Å². The predicted octanol–water partition coefficient (Wildman–Crippen LogP) is 3.67. The maximum Gasteiger partial charge on any atom is 0.337 e. The maximum absolute atomic E-state index is 14.8. The first-order valence-electron chi connectivity index (χ1n) is 15.2. The highest BCUT2D eigenvalue weighted by Gasteiger charge is 2.21. The molecule has 6 rings (SSSR count). The van der Waals surface area contributed by atoms with Crippen molar-refractivity contribution in [2.24, 2.45) is 0 Å². The van der Waals surface area contributed by atoms with Crippen LogP contribution in [-0.4, -0.2) is 86.7 Å². The molecule has 0 saturated heterocycles. The summed E-state index contributed by atoms with van der Waals surface area (Å²) in [7, 11) is 0. The van der Waals surface area contributed by atoms with Crippen LogP contribution in [0.15, 0.2) is 86.0 Å². The second-order valence-electron chi connectivity index (χ2n) is 10.7. The predicted molar refractivity (Wildman–Crippen MR) is 177 cm³/mol. The molecule has 0 atom stereocenters. The van der Waals surface area contributed by atoms with Gasteiger partial charge in [0.2, 0.25) is 0 Å². The number of benzene rings is 2. The Morgan fingerprint density at radius 3 is 1.42 bits per heavy atom. The number of rotatable bonds is 14. The van der Waals surface area contributed by atoms with Crippen molar-refractivity contribution in [2.45, 2.75) is 6.42 Å². The molecule has 18 nitrogen and oxygen atoms in total. The van der Waals surface area contributed by atoms with Crippen molar-refractivity contribution in [3.05, 3.63) is 120 Å². The van der Waals surface area contributed by atoms with E-state index in [2.05, 4.69) is 41.0 Å². The van der Waals surface area contributed by atoms with Gasteiger partial charge in [-0.05, 0) is 36.4 Å². The van der Waals surface area contributed by atoms with Crippen LogP contribution < -0.4 is 20.1 Å². The van der Waals surface area contributed by atoms with Crippen molar-refractivity contribution in [3.8, 4) is 23.1 Å². The van der Waals surface area contributed by atoms with Crippen LogP contribution in [0.5, 0.6) is 11.5 Å². The third-order valence-corrected chi connectivity index (χ3v) is 7.21. The van der Waals surface area contributed by atoms with Gasteiger partial charge in [0.05, 0.1) is 35.7 Å². The van der Waals surface area contributed by atoms with Crippen LogP contribution in [0.2, 0.25) is 0 Å². The normalized spacial score (nSPS) is 10.8. The van der Waals surface area contributed by atoms with Crippen LogP contribution >= 0.6 is 0 Å². The minimum absolute atomic E-state index is 0.0291. The molecule has 0 bridgehead atoms. The third kappa shape index (κ3) is 8.23. The minimum atomic E-state index is -1.52. The number of anilines is 2. The lowest BCUT2D eigenvalue weighted by Gasteiger charge is -2.14. The van der Waals surface area contributed by atoms with Crippen LogP contribution in [0.25, 0.3) is 11.6 Å². The molecule has 0 aliphatic carbocycles. The summed E-state index contributed by atoms with van der Waals surface area (Å²) in [5.74, 6) is -6.85. The van der Waals surface area contributed by atoms with E-state index in [0.717, 1.165) is 12.1 Å². The third-order valence-electron chi connectivity index (χ3n) is 7.21. The highest BCUT2D eigenvalue weighted by atomic mass is 19.1. The average Bonchev–Trinajstić information content (AvgIpc) is 3.89. The molecule has 268 valence electrons. The van der Waals surface area contributed by atoms with E-state index in [4.69, 9.17) is 9.47 Å². The van der Waals surface area contributed by atoms with Crippen molar-refractivity contribution in [1.82, 2.24) is 39.5 Å². The highest BCUT2D eigenvalue weighted by molar-refractivity contribution is 6.07. The van der Waals surface area contributed by atoms with Crippen LogP contribution in [-0.2, 0) is 0 Å². The van der Waals surface area contributed by atoms with Gasteiger partial charge in [-0.15, -0.1) is 20.4 Å². The van der Waals surface area contributed by atoms with Crippen molar-refractivity contribution in [1.29, 1.82) is 0 Å². The first-order valence-corrected chi connectivity index (χ1v) is 15.2. The zero-order valence-electron chi connectivity index (χ0n) is 26.9. The largest absolute Gasteiger partial charge is 0.490 e. The van der Waals surface area contributed by atoms with Crippen LogP contribution in [0, 0.1) is 11.6 Å². The van der Waals surface area contributed by atoms with E-state index in [0.29, 0.717) is 23.8 Å². The number of hydrogen-bond acceptors (Lipinski definition) is 12. The van der Waals surface area contributed by atoms with E-state index in [1.807, 2.05) is 0 Å². The van der Waals surface area contributed by atoms with Gasteiger partial charge in [0, 0.05) is 43.3 Å². The summed E-state index contributed by atoms with van der Waals surface area (Å²) in [6, 6.07) is 9.00. The minimum Gasteiger partial charge on any atom is -0.490 e. The molecule has 4 heterocycles. The van der Waals surface area contributed by atoms with Crippen LogP contribution in [0.4, 0.5) is 20.2 Å². The molecular weight excluding hydrogens is 702 g/mol. The van der Waals surface area contributed by atoms with Crippen LogP contribution in [0.1, 0.15) is 48.1 Å². The van der Waals surface area contributed by atoms with Crippen LogP contribution in [0.3, 0.4) is 0 Å². The molecule has 0 saturated carbocycles. The zero-order valence-corrected chi connectivity index (χ0v) is 26.9. The Balaban J connectivity index is 1.07.